The smallest absolute Gasteiger partial charge is 0.205 e. The highest BCUT2D eigenvalue weighted by Crippen LogP contribution is 2.25. The van der Waals surface area contributed by atoms with E-state index in [1.165, 1.54) is 16.7 Å². The summed E-state index contributed by atoms with van der Waals surface area (Å²) in [6.07, 6.45) is 1.69. The number of aromatic amines is 1. The maximum atomic E-state index is 4.44. The first-order chi connectivity index (χ1) is 8.65. The van der Waals surface area contributed by atoms with Crippen molar-refractivity contribution in [1.82, 2.24) is 25.4 Å². The average Bonchev–Trinajstić information content (AvgIpc) is 2.74. The lowest BCUT2D eigenvalue weighted by molar-refractivity contribution is 0.954. The first-order valence-corrected chi connectivity index (χ1v) is 5.77. The molecule has 0 fully saturated rings. The van der Waals surface area contributed by atoms with Crippen molar-refractivity contribution >= 4 is 11.2 Å². The molecule has 1 N–H and O–H groups in total. The van der Waals surface area contributed by atoms with Crippen LogP contribution >= 0.6 is 0 Å². The summed E-state index contributed by atoms with van der Waals surface area (Å²) in [5, 5.41) is 10.5. The second-order valence-corrected chi connectivity index (χ2v) is 4.50. The van der Waals surface area contributed by atoms with Crippen molar-refractivity contribution < 1.29 is 0 Å². The van der Waals surface area contributed by atoms with E-state index in [1.807, 2.05) is 0 Å². The van der Waals surface area contributed by atoms with Crippen LogP contribution in [0.2, 0.25) is 0 Å². The fourth-order valence-corrected chi connectivity index (χ4v) is 2.31. The number of hydrogen-bond donors (Lipinski definition) is 1. The molecule has 0 aliphatic heterocycles. The van der Waals surface area contributed by atoms with Gasteiger partial charge < -0.3 is 0 Å². The van der Waals surface area contributed by atoms with Crippen molar-refractivity contribution in [1.29, 1.82) is 0 Å². The van der Waals surface area contributed by atoms with E-state index in [4.69, 9.17) is 0 Å². The zero-order valence-corrected chi connectivity index (χ0v) is 10.5. The highest BCUT2D eigenvalue weighted by atomic mass is 15.3. The second-order valence-electron chi connectivity index (χ2n) is 4.50. The zero-order valence-electron chi connectivity index (χ0n) is 10.5. The van der Waals surface area contributed by atoms with Gasteiger partial charge in [-0.25, -0.2) is 9.97 Å². The molecule has 5 heteroatoms. The lowest BCUT2D eigenvalue weighted by Crippen LogP contribution is -1.95. The Kier molecular flexibility index (Phi) is 2.33. The highest BCUT2D eigenvalue weighted by Gasteiger charge is 2.11. The Balaban J connectivity index is 2.25. The molecule has 3 aromatic rings. The van der Waals surface area contributed by atoms with E-state index in [2.05, 4.69) is 58.3 Å². The minimum Gasteiger partial charge on any atom is -0.234 e. The maximum Gasteiger partial charge on any atom is 0.205 e. The molecule has 2 aromatic heterocycles. The zero-order chi connectivity index (χ0) is 12.7. The second kappa shape index (κ2) is 3.87. The average molecular weight is 239 g/mol. The van der Waals surface area contributed by atoms with Gasteiger partial charge in [0.25, 0.3) is 0 Å². The van der Waals surface area contributed by atoms with E-state index in [9.17, 15) is 0 Å². The van der Waals surface area contributed by atoms with Crippen molar-refractivity contribution in [3.8, 4) is 11.4 Å². The number of H-pyrrole nitrogens is 1. The van der Waals surface area contributed by atoms with Crippen molar-refractivity contribution in [3.63, 3.8) is 0 Å². The Morgan fingerprint density at radius 2 is 1.72 bits per heavy atom. The molecule has 0 amide bonds. The van der Waals surface area contributed by atoms with Crippen LogP contribution in [0.3, 0.4) is 0 Å². The Morgan fingerprint density at radius 3 is 2.44 bits per heavy atom. The summed E-state index contributed by atoms with van der Waals surface area (Å²) < 4.78 is 0. The fourth-order valence-electron chi connectivity index (χ4n) is 2.31. The number of aryl methyl sites for hydroxylation is 3. The van der Waals surface area contributed by atoms with Gasteiger partial charge >= 0.3 is 0 Å². The molecular weight excluding hydrogens is 226 g/mol. The summed E-state index contributed by atoms with van der Waals surface area (Å²) in [5.74, 6) is 0.700. The van der Waals surface area contributed by atoms with Gasteiger partial charge in [-0.05, 0) is 31.9 Å². The number of benzene rings is 1. The van der Waals surface area contributed by atoms with Gasteiger partial charge in [-0.15, -0.1) is 5.10 Å². The number of rotatable bonds is 1. The number of hydrogen-bond acceptors (Lipinski definition) is 4. The summed E-state index contributed by atoms with van der Waals surface area (Å²) in [6.45, 7) is 6.24. The minimum absolute atomic E-state index is 0.597. The van der Waals surface area contributed by atoms with Gasteiger partial charge in [0.05, 0.1) is 6.20 Å². The summed E-state index contributed by atoms with van der Waals surface area (Å²) in [7, 11) is 0. The van der Waals surface area contributed by atoms with E-state index < -0.39 is 0 Å². The van der Waals surface area contributed by atoms with E-state index in [0.717, 1.165) is 5.56 Å². The molecule has 2 heterocycles. The van der Waals surface area contributed by atoms with Gasteiger partial charge in [-0.2, -0.15) is 10.3 Å². The van der Waals surface area contributed by atoms with Gasteiger partial charge in [0, 0.05) is 5.56 Å². The predicted octanol–water partition coefficient (Wildman–Crippen LogP) is 2.34. The first-order valence-electron chi connectivity index (χ1n) is 5.77. The number of aromatic nitrogens is 5. The van der Waals surface area contributed by atoms with Crippen molar-refractivity contribution in [3.05, 3.63) is 35.0 Å². The molecule has 0 saturated carbocycles. The Bertz CT molecular complexity index is 706. The summed E-state index contributed by atoms with van der Waals surface area (Å²) in [4.78, 5) is 8.81. The highest BCUT2D eigenvalue weighted by molar-refractivity contribution is 5.73. The van der Waals surface area contributed by atoms with E-state index in [1.54, 1.807) is 6.20 Å². The lowest BCUT2D eigenvalue weighted by Gasteiger charge is -2.09. The molecule has 0 unspecified atom stereocenters. The van der Waals surface area contributed by atoms with Crippen LogP contribution in [0.15, 0.2) is 18.3 Å². The number of nitrogens with one attached hydrogen (secondary N) is 1. The molecule has 0 bridgehead atoms. The Hall–Kier alpha value is -2.30. The van der Waals surface area contributed by atoms with Gasteiger partial charge in [-0.3, -0.25) is 0 Å². The van der Waals surface area contributed by atoms with Crippen molar-refractivity contribution in [2.24, 2.45) is 0 Å². The van der Waals surface area contributed by atoms with Crippen LogP contribution in [-0.4, -0.2) is 25.4 Å². The molecule has 90 valence electrons. The molecule has 0 saturated heterocycles. The third-order valence-corrected chi connectivity index (χ3v) is 2.98. The van der Waals surface area contributed by atoms with Gasteiger partial charge in [0.2, 0.25) is 5.65 Å². The predicted molar refractivity (Wildman–Crippen MR) is 69.1 cm³/mol. The van der Waals surface area contributed by atoms with Crippen LogP contribution in [0.25, 0.3) is 22.6 Å². The number of nitrogens with zero attached hydrogens (tertiary/aromatic N) is 4. The molecule has 0 spiro atoms. The normalized spacial score (nSPS) is 11.1. The third-order valence-electron chi connectivity index (χ3n) is 2.98. The van der Waals surface area contributed by atoms with Crippen LogP contribution in [-0.2, 0) is 0 Å². The molecule has 0 atom stereocenters. The third kappa shape index (κ3) is 1.64. The van der Waals surface area contributed by atoms with E-state index in [0.29, 0.717) is 17.0 Å². The van der Waals surface area contributed by atoms with Crippen LogP contribution in [0, 0.1) is 20.8 Å². The summed E-state index contributed by atoms with van der Waals surface area (Å²) in [5.41, 5.74) is 5.95. The molecule has 0 aliphatic carbocycles. The van der Waals surface area contributed by atoms with Crippen LogP contribution in [0.1, 0.15) is 16.7 Å². The summed E-state index contributed by atoms with van der Waals surface area (Å²) >= 11 is 0. The molecule has 0 aliphatic rings. The monoisotopic (exact) mass is 239 g/mol. The standard InChI is InChI=1S/C13H13N5/c1-7-4-8(2)11(9(3)5-7)13-14-6-10-12(15-13)17-18-16-10/h4-6H,1-3H3,(H,14,15,16,17,18). The number of fused-ring (bicyclic) bond motifs is 1. The fraction of sp³-hybridized carbons (Fsp3) is 0.231. The SMILES string of the molecule is Cc1cc(C)c(-c2ncc3n[nH]nc3n2)c(C)c1. The van der Waals surface area contributed by atoms with E-state index in [-0.39, 0.29) is 0 Å². The van der Waals surface area contributed by atoms with Gasteiger partial charge in [-0.1, -0.05) is 17.7 Å². The minimum atomic E-state index is 0.597. The topological polar surface area (TPSA) is 67.3 Å². The molecular formula is C13H13N5. The molecule has 18 heavy (non-hydrogen) atoms. The van der Waals surface area contributed by atoms with Crippen LogP contribution in [0.5, 0.6) is 0 Å². The van der Waals surface area contributed by atoms with Crippen molar-refractivity contribution in [2.45, 2.75) is 20.8 Å². The van der Waals surface area contributed by atoms with Crippen LogP contribution in [0.4, 0.5) is 0 Å². The van der Waals surface area contributed by atoms with E-state index >= 15 is 0 Å². The molecule has 1 aromatic carbocycles. The summed E-state index contributed by atoms with van der Waals surface area (Å²) in [6, 6.07) is 4.28. The largest absolute Gasteiger partial charge is 0.234 e. The molecule has 3 rings (SSSR count). The van der Waals surface area contributed by atoms with Gasteiger partial charge in [0.1, 0.15) is 5.52 Å². The van der Waals surface area contributed by atoms with Crippen molar-refractivity contribution in [2.75, 3.05) is 0 Å². The lowest BCUT2D eigenvalue weighted by atomic mass is 9.99. The Labute approximate surface area is 104 Å². The van der Waals surface area contributed by atoms with Crippen LogP contribution < -0.4 is 0 Å². The molecule has 0 radical (unpaired) electrons. The first kappa shape index (κ1) is 10.8. The Morgan fingerprint density at radius 1 is 1.00 bits per heavy atom. The van der Waals surface area contributed by atoms with Gasteiger partial charge in [0.15, 0.2) is 5.82 Å². The quantitative estimate of drug-likeness (QED) is 0.707. The molecule has 5 nitrogen and oxygen atoms in total. The maximum absolute atomic E-state index is 4.44.